The van der Waals surface area contributed by atoms with Crippen LogP contribution in [-0.2, 0) is 17.8 Å². The molecule has 3 rings (SSSR count). The molecule has 6 heteroatoms. The molecule has 0 aliphatic carbocycles. The number of nitrogens with zero attached hydrogens (tertiary/aromatic N) is 3. The first-order chi connectivity index (χ1) is 12.7. The quantitative estimate of drug-likeness (QED) is 0.762. The van der Waals surface area contributed by atoms with Crippen LogP contribution in [0.4, 0.5) is 0 Å². The number of ether oxygens (including phenoxy) is 1. The van der Waals surface area contributed by atoms with Gasteiger partial charge in [0.1, 0.15) is 12.0 Å². The number of rotatable bonds is 7. The summed E-state index contributed by atoms with van der Waals surface area (Å²) in [4.78, 5) is 21.4. The van der Waals surface area contributed by atoms with Gasteiger partial charge >= 0.3 is 0 Å². The van der Waals surface area contributed by atoms with Crippen LogP contribution in [0.3, 0.4) is 0 Å². The summed E-state index contributed by atoms with van der Waals surface area (Å²) in [6.07, 6.45) is 6.02. The molecule has 26 heavy (non-hydrogen) atoms. The molecule has 1 saturated heterocycles. The Labute approximate surface area is 154 Å². The van der Waals surface area contributed by atoms with E-state index in [9.17, 15) is 4.79 Å². The van der Waals surface area contributed by atoms with Gasteiger partial charge in [-0.2, -0.15) is 0 Å². The third-order valence-electron chi connectivity index (χ3n) is 4.84. The zero-order valence-corrected chi connectivity index (χ0v) is 15.6. The number of carbonyl (C=O) groups is 1. The molecular formula is C20H27N3O3. The van der Waals surface area contributed by atoms with Crippen molar-refractivity contribution in [3.63, 3.8) is 0 Å². The highest BCUT2D eigenvalue weighted by atomic mass is 16.5. The first kappa shape index (κ1) is 18.6. The molecule has 3 heterocycles. The fraction of sp³-hybridized carbons (Fsp3) is 0.500. The Hall–Kier alpha value is -2.18. The summed E-state index contributed by atoms with van der Waals surface area (Å²) in [5.74, 6) is 0.820. The fourth-order valence-corrected chi connectivity index (χ4v) is 3.06. The highest BCUT2D eigenvalue weighted by molar-refractivity contribution is 5.94. The molecule has 0 unspecified atom stereocenters. The number of amides is 1. The van der Waals surface area contributed by atoms with Crippen molar-refractivity contribution in [2.45, 2.75) is 39.4 Å². The van der Waals surface area contributed by atoms with Crippen LogP contribution < -0.4 is 0 Å². The maximum atomic E-state index is 13.1. The fourth-order valence-electron chi connectivity index (χ4n) is 3.06. The van der Waals surface area contributed by atoms with E-state index >= 15 is 0 Å². The predicted molar refractivity (Wildman–Crippen MR) is 98.7 cm³/mol. The van der Waals surface area contributed by atoms with E-state index in [0.717, 1.165) is 44.0 Å². The summed E-state index contributed by atoms with van der Waals surface area (Å²) in [7, 11) is 0. The van der Waals surface area contributed by atoms with E-state index in [1.54, 1.807) is 12.5 Å². The van der Waals surface area contributed by atoms with Gasteiger partial charge < -0.3 is 14.1 Å². The van der Waals surface area contributed by atoms with Crippen LogP contribution in [0.25, 0.3) is 0 Å². The molecule has 0 radical (unpaired) electrons. The molecule has 2 aromatic heterocycles. The standard InChI is InChI=1S/C20H27N3O3/c1-3-16(2)23(13-17-5-4-6-21-12-17)20(24)18-11-19(26-15-18)14-22-7-9-25-10-8-22/h4-6,11-12,15-16H,3,7-10,13-14H2,1-2H3/t16-/m1/s1. The average Bonchev–Trinajstić information content (AvgIpc) is 3.15. The number of furan rings is 1. The van der Waals surface area contributed by atoms with Gasteiger partial charge in [-0.15, -0.1) is 0 Å². The van der Waals surface area contributed by atoms with Crippen molar-refractivity contribution in [3.8, 4) is 0 Å². The molecule has 140 valence electrons. The monoisotopic (exact) mass is 357 g/mol. The lowest BCUT2D eigenvalue weighted by Crippen LogP contribution is -2.37. The minimum atomic E-state index is 0.000167. The van der Waals surface area contributed by atoms with Crippen molar-refractivity contribution in [2.75, 3.05) is 26.3 Å². The van der Waals surface area contributed by atoms with Crippen molar-refractivity contribution in [1.82, 2.24) is 14.8 Å². The molecule has 1 aliphatic heterocycles. The molecule has 1 aliphatic rings. The van der Waals surface area contributed by atoms with E-state index in [4.69, 9.17) is 9.15 Å². The smallest absolute Gasteiger partial charge is 0.257 e. The van der Waals surface area contributed by atoms with Crippen LogP contribution in [0.2, 0.25) is 0 Å². The summed E-state index contributed by atoms with van der Waals surface area (Å²) in [5, 5.41) is 0. The first-order valence-corrected chi connectivity index (χ1v) is 9.24. The lowest BCUT2D eigenvalue weighted by atomic mass is 10.1. The maximum Gasteiger partial charge on any atom is 0.257 e. The van der Waals surface area contributed by atoms with Crippen molar-refractivity contribution in [3.05, 3.63) is 53.7 Å². The van der Waals surface area contributed by atoms with Crippen LogP contribution in [0.5, 0.6) is 0 Å². The highest BCUT2D eigenvalue weighted by Crippen LogP contribution is 2.18. The van der Waals surface area contributed by atoms with Crippen LogP contribution in [0, 0.1) is 0 Å². The van der Waals surface area contributed by atoms with Crippen molar-refractivity contribution >= 4 is 5.91 Å². The Balaban J connectivity index is 1.70. The van der Waals surface area contributed by atoms with E-state index in [-0.39, 0.29) is 11.9 Å². The van der Waals surface area contributed by atoms with Crippen LogP contribution in [0.1, 0.15) is 41.9 Å². The second kappa shape index (κ2) is 8.96. The Bertz CT molecular complexity index is 695. The molecule has 0 saturated carbocycles. The molecule has 0 N–H and O–H groups in total. The molecule has 6 nitrogen and oxygen atoms in total. The van der Waals surface area contributed by atoms with Gasteiger partial charge in [0.05, 0.1) is 25.3 Å². The third-order valence-corrected chi connectivity index (χ3v) is 4.84. The Morgan fingerprint density at radius 1 is 1.38 bits per heavy atom. The lowest BCUT2D eigenvalue weighted by molar-refractivity contribution is 0.0313. The second-order valence-corrected chi connectivity index (χ2v) is 6.74. The Morgan fingerprint density at radius 2 is 2.19 bits per heavy atom. The molecule has 0 spiro atoms. The lowest BCUT2D eigenvalue weighted by Gasteiger charge is -2.28. The predicted octanol–water partition coefficient (Wildman–Crippen LogP) is 2.95. The summed E-state index contributed by atoms with van der Waals surface area (Å²) < 4.78 is 11.0. The van der Waals surface area contributed by atoms with Gasteiger partial charge in [0.2, 0.25) is 0 Å². The minimum absolute atomic E-state index is 0.000167. The zero-order chi connectivity index (χ0) is 18.4. The van der Waals surface area contributed by atoms with Crippen LogP contribution >= 0.6 is 0 Å². The highest BCUT2D eigenvalue weighted by Gasteiger charge is 2.23. The Morgan fingerprint density at radius 3 is 2.88 bits per heavy atom. The maximum absolute atomic E-state index is 13.1. The van der Waals surface area contributed by atoms with Gasteiger partial charge in [0.15, 0.2) is 0 Å². The van der Waals surface area contributed by atoms with E-state index in [1.807, 2.05) is 29.3 Å². The molecule has 2 aromatic rings. The molecule has 1 fully saturated rings. The molecule has 0 aromatic carbocycles. The average molecular weight is 357 g/mol. The summed E-state index contributed by atoms with van der Waals surface area (Å²) in [6.45, 7) is 8.71. The first-order valence-electron chi connectivity index (χ1n) is 9.24. The van der Waals surface area contributed by atoms with Gasteiger partial charge in [-0.1, -0.05) is 13.0 Å². The van der Waals surface area contributed by atoms with Gasteiger partial charge in [-0.3, -0.25) is 14.7 Å². The van der Waals surface area contributed by atoms with Crippen molar-refractivity contribution in [2.24, 2.45) is 0 Å². The van der Waals surface area contributed by atoms with Gasteiger partial charge in [-0.25, -0.2) is 0 Å². The van der Waals surface area contributed by atoms with E-state index in [0.29, 0.717) is 18.7 Å². The minimum Gasteiger partial charge on any atom is -0.467 e. The summed E-state index contributed by atoms with van der Waals surface area (Å²) in [5.41, 5.74) is 1.63. The number of aromatic nitrogens is 1. The largest absolute Gasteiger partial charge is 0.467 e. The van der Waals surface area contributed by atoms with Gasteiger partial charge in [0, 0.05) is 38.1 Å². The molecule has 0 bridgehead atoms. The zero-order valence-electron chi connectivity index (χ0n) is 15.6. The number of pyridine rings is 1. The summed E-state index contributed by atoms with van der Waals surface area (Å²) in [6, 6.07) is 5.90. The van der Waals surface area contributed by atoms with Crippen molar-refractivity contribution < 1.29 is 13.9 Å². The molecular weight excluding hydrogens is 330 g/mol. The SMILES string of the molecule is CC[C@@H](C)N(Cc1cccnc1)C(=O)c1coc(CN2CCOCC2)c1. The normalized spacial score (nSPS) is 16.4. The number of morpholine rings is 1. The van der Waals surface area contributed by atoms with E-state index in [1.165, 1.54) is 0 Å². The third kappa shape index (κ3) is 4.71. The second-order valence-electron chi connectivity index (χ2n) is 6.74. The number of hydrogen-bond acceptors (Lipinski definition) is 5. The topological polar surface area (TPSA) is 58.8 Å². The number of carbonyl (C=O) groups excluding carboxylic acids is 1. The number of hydrogen-bond donors (Lipinski definition) is 0. The van der Waals surface area contributed by atoms with Gasteiger partial charge in [-0.05, 0) is 31.0 Å². The van der Waals surface area contributed by atoms with Crippen molar-refractivity contribution in [1.29, 1.82) is 0 Å². The molecule has 1 atom stereocenters. The van der Waals surface area contributed by atoms with Gasteiger partial charge in [0.25, 0.3) is 5.91 Å². The summed E-state index contributed by atoms with van der Waals surface area (Å²) >= 11 is 0. The van der Waals surface area contributed by atoms with E-state index in [2.05, 4.69) is 23.7 Å². The van der Waals surface area contributed by atoms with E-state index < -0.39 is 0 Å². The van der Waals surface area contributed by atoms with Crippen LogP contribution in [0.15, 0.2) is 41.3 Å². The van der Waals surface area contributed by atoms with Crippen LogP contribution in [-0.4, -0.2) is 53.0 Å². The molecule has 1 amide bonds. The Kier molecular flexibility index (Phi) is 6.41.